The molecule has 0 unspecified atom stereocenters. The molecule has 0 aliphatic heterocycles. The van der Waals surface area contributed by atoms with Gasteiger partial charge in [0.2, 0.25) is 10.0 Å². The van der Waals surface area contributed by atoms with Crippen LogP contribution in [0.25, 0.3) is 0 Å². The van der Waals surface area contributed by atoms with Crippen LogP contribution in [0.5, 0.6) is 0 Å². The molecule has 3 aromatic carbocycles. The van der Waals surface area contributed by atoms with Crippen molar-refractivity contribution < 1.29 is 8.42 Å². The van der Waals surface area contributed by atoms with E-state index in [0.29, 0.717) is 10.0 Å². The Balaban J connectivity index is 1.80. The van der Waals surface area contributed by atoms with Gasteiger partial charge in [0.15, 0.2) is 0 Å². The fraction of sp³-hybridized carbons (Fsp3) is 0.222. The van der Waals surface area contributed by atoms with Gasteiger partial charge in [-0.25, -0.2) is 18.1 Å². The third-order valence-electron chi connectivity index (χ3n) is 6.14. The molecule has 1 heterocycles. The lowest BCUT2D eigenvalue weighted by Gasteiger charge is -2.37. The Morgan fingerprint density at radius 3 is 1.71 bits per heavy atom. The molecule has 5 nitrogen and oxygen atoms in total. The van der Waals surface area contributed by atoms with E-state index in [4.69, 9.17) is 23.2 Å². The molecule has 0 saturated heterocycles. The van der Waals surface area contributed by atoms with E-state index < -0.39 is 15.6 Å². The molecule has 8 heteroatoms. The van der Waals surface area contributed by atoms with E-state index in [9.17, 15) is 8.42 Å². The van der Waals surface area contributed by atoms with Crippen molar-refractivity contribution in [3.05, 3.63) is 118 Å². The molecule has 0 spiro atoms. The van der Waals surface area contributed by atoms with Crippen LogP contribution in [0.4, 0.5) is 0 Å². The normalized spacial score (nSPS) is 12.6. The number of halogens is 2. The number of benzene rings is 3. The summed E-state index contributed by atoms with van der Waals surface area (Å²) in [7, 11) is -3.81. The lowest BCUT2D eigenvalue weighted by Crippen LogP contribution is -2.46. The van der Waals surface area contributed by atoms with Crippen molar-refractivity contribution >= 4 is 33.2 Å². The van der Waals surface area contributed by atoms with Crippen LogP contribution < -0.4 is 4.72 Å². The summed E-state index contributed by atoms with van der Waals surface area (Å²) >= 11 is 12.4. The van der Waals surface area contributed by atoms with Crippen molar-refractivity contribution in [3.63, 3.8) is 0 Å². The largest absolute Gasteiger partial charge is 0.322 e. The van der Waals surface area contributed by atoms with E-state index in [1.165, 1.54) is 0 Å². The van der Waals surface area contributed by atoms with Gasteiger partial charge in [-0.2, -0.15) is 0 Å². The first-order valence-electron chi connectivity index (χ1n) is 11.1. The standard InChI is InChI=1S/C27H27Cl2N3O2S/c1-26(2,3)20-8-14-25(15-9-20)35(33,34)31-18-27(32-17-16-30-19-32,21-4-10-23(28)11-5-21)22-6-12-24(29)13-7-22/h4-17,19,31H,18H2,1-3H3. The van der Waals surface area contributed by atoms with Crippen LogP contribution in [0.1, 0.15) is 37.5 Å². The van der Waals surface area contributed by atoms with Gasteiger partial charge in [0.25, 0.3) is 0 Å². The first-order chi connectivity index (χ1) is 16.5. The number of sulfonamides is 1. The molecule has 0 aliphatic carbocycles. The molecule has 0 atom stereocenters. The van der Waals surface area contributed by atoms with Crippen molar-refractivity contribution in [3.8, 4) is 0 Å². The summed E-state index contributed by atoms with van der Waals surface area (Å²) in [5.74, 6) is 0. The Hall–Kier alpha value is -2.64. The molecule has 0 bridgehead atoms. The number of nitrogens with zero attached hydrogens (tertiary/aromatic N) is 2. The van der Waals surface area contributed by atoms with Crippen molar-refractivity contribution in [2.45, 2.75) is 36.6 Å². The third-order valence-corrected chi connectivity index (χ3v) is 8.06. The van der Waals surface area contributed by atoms with Gasteiger partial charge in [0.05, 0.1) is 11.2 Å². The van der Waals surface area contributed by atoms with Crippen LogP contribution in [0.3, 0.4) is 0 Å². The van der Waals surface area contributed by atoms with Crippen LogP contribution in [0.15, 0.2) is 96.4 Å². The maximum atomic E-state index is 13.4. The van der Waals surface area contributed by atoms with Crippen LogP contribution in [0, 0.1) is 0 Å². The molecule has 0 radical (unpaired) electrons. The van der Waals surface area contributed by atoms with Crippen LogP contribution in [0.2, 0.25) is 10.0 Å². The Labute approximate surface area is 216 Å². The molecule has 0 saturated carbocycles. The zero-order chi connectivity index (χ0) is 25.3. The van der Waals surface area contributed by atoms with Gasteiger partial charge in [-0.15, -0.1) is 0 Å². The van der Waals surface area contributed by atoms with Gasteiger partial charge in [-0.1, -0.05) is 80.4 Å². The van der Waals surface area contributed by atoms with E-state index in [1.54, 1.807) is 48.9 Å². The monoisotopic (exact) mass is 527 g/mol. The minimum absolute atomic E-state index is 0.0377. The predicted octanol–water partition coefficient (Wildman–Crippen LogP) is 6.26. The number of hydrogen-bond acceptors (Lipinski definition) is 3. The van der Waals surface area contributed by atoms with Crippen LogP contribution in [-0.2, 0) is 21.0 Å². The smallest absolute Gasteiger partial charge is 0.240 e. The molecule has 1 N–H and O–H groups in total. The molecule has 182 valence electrons. The van der Waals surface area contributed by atoms with Crippen molar-refractivity contribution in [2.24, 2.45) is 0 Å². The van der Waals surface area contributed by atoms with Crippen molar-refractivity contribution in [1.29, 1.82) is 0 Å². The highest BCUT2D eigenvalue weighted by molar-refractivity contribution is 7.89. The summed E-state index contributed by atoms with van der Waals surface area (Å²) in [4.78, 5) is 4.45. The first-order valence-corrected chi connectivity index (χ1v) is 13.4. The molecule has 4 aromatic rings. The van der Waals surface area contributed by atoms with Crippen LogP contribution >= 0.6 is 23.2 Å². The van der Waals surface area contributed by atoms with Crippen molar-refractivity contribution in [1.82, 2.24) is 14.3 Å². The summed E-state index contributed by atoms with van der Waals surface area (Å²) < 4.78 is 31.5. The zero-order valence-corrected chi connectivity index (χ0v) is 22.1. The maximum Gasteiger partial charge on any atom is 0.240 e. The number of imidazole rings is 1. The van der Waals surface area contributed by atoms with Gasteiger partial charge in [0, 0.05) is 29.0 Å². The topological polar surface area (TPSA) is 64.0 Å². The van der Waals surface area contributed by atoms with E-state index in [0.717, 1.165) is 16.7 Å². The minimum atomic E-state index is -3.81. The van der Waals surface area contributed by atoms with E-state index in [1.807, 2.05) is 47.2 Å². The molecular weight excluding hydrogens is 501 g/mol. The molecule has 1 aromatic heterocycles. The highest BCUT2D eigenvalue weighted by Gasteiger charge is 2.37. The number of rotatable bonds is 7. The highest BCUT2D eigenvalue weighted by Crippen LogP contribution is 2.35. The van der Waals surface area contributed by atoms with Gasteiger partial charge >= 0.3 is 0 Å². The molecule has 4 rings (SSSR count). The fourth-order valence-electron chi connectivity index (χ4n) is 4.11. The van der Waals surface area contributed by atoms with Gasteiger partial charge in [0.1, 0.15) is 5.54 Å². The van der Waals surface area contributed by atoms with Gasteiger partial charge in [-0.05, 0) is 58.5 Å². The lowest BCUT2D eigenvalue weighted by molar-refractivity contribution is 0.422. The number of hydrogen-bond donors (Lipinski definition) is 1. The first kappa shape index (κ1) is 25.5. The van der Waals surface area contributed by atoms with E-state index >= 15 is 0 Å². The minimum Gasteiger partial charge on any atom is -0.322 e. The Morgan fingerprint density at radius 1 is 0.800 bits per heavy atom. The van der Waals surface area contributed by atoms with Crippen molar-refractivity contribution in [2.75, 3.05) is 6.54 Å². The zero-order valence-electron chi connectivity index (χ0n) is 19.7. The SMILES string of the molecule is CC(C)(C)c1ccc(S(=O)(=O)NCC(c2ccc(Cl)cc2)(c2ccc(Cl)cc2)n2ccnc2)cc1. The second-order valence-electron chi connectivity index (χ2n) is 9.44. The Bertz CT molecular complexity index is 1330. The quantitative estimate of drug-likeness (QED) is 0.308. The molecule has 35 heavy (non-hydrogen) atoms. The second-order valence-corrected chi connectivity index (χ2v) is 12.1. The average Bonchev–Trinajstić information content (AvgIpc) is 3.36. The average molecular weight is 529 g/mol. The summed E-state index contributed by atoms with van der Waals surface area (Å²) in [5, 5.41) is 1.17. The molecule has 0 aliphatic rings. The van der Waals surface area contributed by atoms with E-state index in [2.05, 4.69) is 30.5 Å². The molecular formula is C27H27Cl2N3O2S. The third kappa shape index (κ3) is 5.31. The van der Waals surface area contributed by atoms with E-state index in [-0.39, 0.29) is 16.9 Å². The fourth-order valence-corrected chi connectivity index (χ4v) is 5.43. The van der Waals surface area contributed by atoms with Gasteiger partial charge < -0.3 is 4.57 Å². The molecule has 0 amide bonds. The Kier molecular flexibility index (Phi) is 7.11. The summed E-state index contributed by atoms with van der Waals surface area (Å²) in [5.41, 5.74) is 1.73. The lowest BCUT2D eigenvalue weighted by atomic mass is 9.82. The maximum absolute atomic E-state index is 13.4. The predicted molar refractivity (Wildman–Crippen MR) is 142 cm³/mol. The highest BCUT2D eigenvalue weighted by atomic mass is 35.5. The second kappa shape index (κ2) is 9.78. The summed E-state index contributed by atoms with van der Waals surface area (Å²) in [6.07, 6.45) is 5.16. The van der Waals surface area contributed by atoms with Gasteiger partial charge in [-0.3, -0.25) is 0 Å². The molecule has 0 fully saturated rings. The van der Waals surface area contributed by atoms with Crippen LogP contribution in [-0.4, -0.2) is 24.5 Å². The summed E-state index contributed by atoms with van der Waals surface area (Å²) in [6.45, 7) is 6.31. The Morgan fingerprint density at radius 2 is 1.29 bits per heavy atom. The number of nitrogens with one attached hydrogen (secondary N) is 1. The number of aromatic nitrogens is 2. The summed E-state index contributed by atoms with van der Waals surface area (Å²) in [6, 6.07) is 21.7.